The van der Waals surface area contributed by atoms with Gasteiger partial charge in [-0.25, -0.2) is 0 Å². The van der Waals surface area contributed by atoms with Crippen LogP contribution in [0.3, 0.4) is 0 Å². The molecular formula is C27H22BrN3O2S. The van der Waals surface area contributed by atoms with E-state index in [1.54, 1.807) is 12.1 Å². The number of anilines is 1. The molecule has 1 aliphatic rings. The number of carbonyl (C=O) groups is 2. The Hall–Kier alpha value is -3.34. The van der Waals surface area contributed by atoms with E-state index >= 15 is 0 Å². The predicted octanol–water partition coefficient (Wildman–Crippen LogP) is 5.50. The van der Waals surface area contributed by atoms with Gasteiger partial charge in [0.15, 0.2) is 0 Å². The van der Waals surface area contributed by atoms with Crippen LogP contribution in [0.1, 0.15) is 16.7 Å². The van der Waals surface area contributed by atoms with Crippen LogP contribution in [0.4, 0.5) is 5.69 Å². The third-order valence-electron chi connectivity index (χ3n) is 5.43. The Labute approximate surface area is 211 Å². The Balaban J connectivity index is 1.66. The largest absolute Gasteiger partial charge is 0.347 e. The number of nitriles is 1. The molecule has 7 heteroatoms. The van der Waals surface area contributed by atoms with Crippen LogP contribution in [0, 0.1) is 18.3 Å². The van der Waals surface area contributed by atoms with E-state index in [1.165, 1.54) is 16.7 Å². The predicted molar refractivity (Wildman–Crippen MR) is 139 cm³/mol. The van der Waals surface area contributed by atoms with Crippen molar-refractivity contribution in [2.75, 3.05) is 4.90 Å². The van der Waals surface area contributed by atoms with Gasteiger partial charge in [-0.15, -0.1) is 0 Å². The number of amides is 2. The number of rotatable bonds is 6. The zero-order valence-corrected chi connectivity index (χ0v) is 20.9. The number of benzene rings is 3. The van der Waals surface area contributed by atoms with Gasteiger partial charge in [-0.2, -0.15) is 5.26 Å². The highest BCUT2D eigenvalue weighted by atomic mass is 79.9. The summed E-state index contributed by atoms with van der Waals surface area (Å²) >= 11 is 4.69. The molecule has 1 heterocycles. The smallest absolute Gasteiger partial charge is 0.264 e. The zero-order chi connectivity index (χ0) is 24.1. The number of aryl methyl sites for hydroxylation is 1. The Morgan fingerprint density at radius 3 is 2.35 bits per heavy atom. The summed E-state index contributed by atoms with van der Waals surface area (Å²) < 4.78 is 0.874. The summed E-state index contributed by atoms with van der Waals surface area (Å²) in [4.78, 5) is 28.0. The highest BCUT2D eigenvalue weighted by molar-refractivity contribution is 9.10. The average Bonchev–Trinajstić information content (AvgIpc) is 3.16. The summed E-state index contributed by atoms with van der Waals surface area (Å²) in [5.74, 6) is -0.647. The number of carbonyl (C=O) groups excluding carboxylic acids is 2. The number of hydrogen-bond donors (Lipinski definition) is 1. The molecule has 2 amide bonds. The minimum Gasteiger partial charge on any atom is -0.347 e. The number of nitrogens with zero attached hydrogens (tertiary/aromatic N) is 2. The standard InChI is InChI=1S/C27H22BrN3O2S/c1-18-7-9-19(10-8-18)15-24-26(33)31(22-13-11-21(28)12-14-22)27(34-24)23(16-29)25(32)30-17-20-5-3-2-4-6-20/h2-14,24H,15,17H2,1H3,(H,30,32)/b27-23-/t24-/m0/s1. The van der Waals surface area contributed by atoms with Crippen LogP contribution in [0.5, 0.6) is 0 Å². The molecule has 1 fully saturated rings. The molecule has 0 radical (unpaired) electrons. The summed E-state index contributed by atoms with van der Waals surface area (Å²) in [5.41, 5.74) is 3.65. The maximum Gasteiger partial charge on any atom is 0.264 e. The van der Waals surface area contributed by atoms with E-state index in [1.807, 2.05) is 79.7 Å². The van der Waals surface area contributed by atoms with Crippen molar-refractivity contribution in [1.82, 2.24) is 5.32 Å². The third-order valence-corrected chi connectivity index (χ3v) is 7.22. The third kappa shape index (κ3) is 5.41. The van der Waals surface area contributed by atoms with E-state index in [0.717, 1.165) is 21.2 Å². The number of nitrogens with one attached hydrogen (secondary N) is 1. The van der Waals surface area contributed by atoms with E-state index in [-0.39, 0.29) is 11.5 Å². The average molecular weight is 532 g/mol. The van der Waals surface area contributed by atoms with Crippen LogP contribution in [0.15, 0.2) is 93.9 Å². The molecule has 0 aliphatic carbocycles. The lowest BCUT2D eigenvalue weighted by molar-refractivity contribution is -0.117. The summed E-state index contributed by atoms with van der Waals surface area (Å²) in [6.07, 6.45) is 0.505. The first-order chi connectivity index (χ1) is 16.5. The number of thioether (sulfide) groups is 1. The second kappa shape index (κ2) is 10.7. The second-order valence-corrected chi connectivity index (χ2v) is 10.0. The quantitative estimate of drug-likeness (QED) is 0.336. The van der Waals surface area contributed by atoms with E-state index in [9.17, 15) is 14.9 Å². The number of hydrogen-bond acceptors (Lipinski definition) is 4. The first-order valence-electron chi connectivity index (χ1n) is 10.7. The van der Waals surface area contributed by atoms with E-state index in [4.69, 9.17) is 0 Å². The van der Waals surface area contributed by atoms with Crippen LogP contribution >= 0.6 is 27.7 Å². The molecule has 5 nitrogen and oxygen atoms in total. The first-order valence-corrected chi connectivity index (χ1v) is 12.4. The topological polar surface area (TPSA) is 73.2 Å². The van der Waals surface area contributed by atoms with Crippen molar-refractivity contribution in [2.24, 2.45) is 0 Å². The molecule has 3 aromatic carbocycles. The molecule has 3 aromatic rings. The maximum atomic E-state index is 13.5. The molecule has 0 aromatic heterocycles. The lowest BCUT2D eigenvalue weighted by Gasteiger charge is -2.19. The molecule has 0 spiro atoms. The van der Waals surface area contributed by atoms with Gasteiger partial charge < -0.3 is 5.32 Å². The lowest BCUT2D eigenvalue weighted by atomic mass is 10.1. The second-order valence-electron chi connectivity index (χ2n) is 7.91. The van der Waals surface area contributed by atoms with Crippen molar-refractivity contribution in [3.63, 3.8) is 0 Å². The molecule has 170 valence electrons. The van der Waals surface area contributed by atoms with Crippen LogP contribution in [0.25, 0.3) is 0 Å². The minimum absolute atomic E-state index is 0.0661. The zero-order valence-electron chi connectivity index (χ0n) is 18.5. The lowest BCUT2D eigenvalue weighted by Crippen LogP contribution is -2.32. The summed E-state index contributed by atoms with van der Waals surface area (Å²) in [7, 11) is 0. The molecule has 0 saturated carbocycles. The molecule has 34 heavy (non-hydrogen) atoms. The van der Waals surface area contributed by atoms with Gasteiger partial charge in [-0.05, 0) is 48.7 Å². The maximum absolute atomic E-state index is 13.5. The van der Waals surface area contributed by atoms with Crippen molar-refractivity contribution in [2.45, 2.75) is 25.1 Å². The van der Waals surface area contributed by atoms with Gasteiger partial charge in [0, 0.05) is 16.7 Å². The van der Waals surface area contributed by atoms with Crippen molar-refractivity contribution >= 4 is 45.2 Å². The number of halogens is 1. The fraction of sp³-hybridized carbons (Fsp3) is 0.148. The highest BCUT2D eigenvalue weighted by Crippen LogP contribution is 2.42. The molecule has 0 unspecified atom stereocenters. The Kier molecular flexibility index (Phi) is 7.51. The first kappa shape index (κ1) is 23.8. The van der Waals surface area contributed by atoms with Gasteiger partial charge >= 0.3 is 0 Å². The minimum atomic E-state index is -0.500. The molecule has 1 saturated heterocycles. The van der Waals surface area contributed by atoms with E-state index < -0.39 is 11.2 Å². The van der Waals surface area contributed by atoms with E-state index in [0.29, 0.717) is 23.7 Å². The van der Waals surface area contributed by atoms with Gasteiger partial charge in [0.05, 0.1) is 5.25 Å². The Morgan fingerprint density at radius 1 is 1.03 bits per heavy atom. The van der Waals surface area contributed by atoms with Gasteiger partial charge in [0.2, 0.25) is 5.91 Å². The molecule has 1 atom stereocenters. The normalized spacial score (nSPS) is 16.8. The van der Waals surface area contributed by atoms with Crippen LogP contribution in [-0.4, -0.2) is 17.1 Å². The Bertz CT molecular complexity index is 1270. The van der Waals surface area contributed by atoms with Crippen LogP contribution in [0.2, 0.25) is 0 Å². The van der Waals surface area contributed by atoms with Gasteiger partial charge in [-0.3, -0.25) is 14.5 Å². The molecule has 0 bridgehead atoms. The highest BCUT2D eigenvalue weighted by Gasteiger charge is 2.40. The van der Waals surface area contributed by atoms with Crippen molar-refractivity contribution in [3.05, 3.63) is 111 Å². The molecule has 4 rings (SSSR count). The van der Waals surface area contributed by atoms with Gasteiger partial charge in [0.25, 0.3) is 5.91 Å². The SMILES string of the molecule is Cc1ccc(C[C@@H]2S/C(=C(/C#N)C(=O)NCc3ccccc3)N(c3ccc(Br)cc3)C2=O)cc1. The van der Waals surface area contributed by atoms with Crippen LogP contribution in [-0.2, 0) is 22.6 Å². The monoisotopic (exact) mass is 531 g/mol. The summed E-state index contributed by atoms with van der Waals surface area (Å²) in [5, 5.41) is 12.7. The van der Waals surface area contributed by atoms with Crippen LogP contribution < -0.4 is 10.2 Å². The molecule has 1 N–H and O–H groups in total. The Morgan fingerprint density at radius 2 is 1.71 bits per heavy atom. The van der Waals surface area contributed by atoms with Crippen molar-refractivity contribution in [1.29, 1.82) is 5.26 Å². The van der Waals surface area contributed by atoms with Crippen molar-refractivity contribution in [3.8, 4) is 6.07 Å². The van der Waals surface area contributed by atoms with E-state index in [2.05, 4.69) is 21.2 Å². The fourth-order valence-electron chi connectivity index (χ4n) is 3.62. The summed E-state index contributed by atoms with van der Waals surface area (Å²) in [6, 6.07) is 26.8. The van der Waals surface area contributed by atoms with Gasteiger partial charge in [-0.1, -0.05) is 87.9 Å². The van der Waals surface area contributed by atoms with Crippen molar-refractivity contribution < 1.29 is 9.59 Å². The van der Waals surface area contributed by atoms with Gasteiger partial charge in [0.1, 0.15) is 16.7 Å². The fourth-order valence-corrected chi connectivity index (χ4v) is 5.19. The molecule has 1 aliphatic heterocycles. The molecular weight excluding hydrogens is 510 g/mol. The summed E-state index contributed by atoms with van der Waals surface area (Å²) in [6.45, 7) is 2.31.